The molecule has 2 heterocycles. The molecule has 0 spiro atoms. The first kappa shape index (κ1) is 16.4. The molecule has 0 radical (unpaired) electrons. The van der Waals surface area contributed by atoms with E-state index in [1.54, 1.807) is 0 Å². The van der Waals surface area contributed by atoms with Crippen LogP contribution in [0, 0.1) is 17.8 Å². The minimum absolute atomic E-state index is 0.159. The van der Waals surface area contributed by atoms with E-state index in [0.717, 1.165) is 16.8 Å². The number of alkyl halides is 1. The van der Waals surface area contributed by atoms with Crippen molar-refractivity contribution < 1.29 is 19.3 Å². The summed E-state index contributed by atoms with van der Waals surface area (Å²) in [5, 5.41) is 19.4. The minimum Gasteiger partial charge on any atom is -0.390 e. The van der Waals surface area contributed by atoms with Crippen molar-refractivity contribution in [3.8, 4) is 12.3 Å². The van der Waals surface area contributed by atoms with Gasteiger partial charge in [0, 0.05) is 24.1 Å². The van der Waals surface area contributed by atoms with Crippen molar-refractivity contribution in [2.24, 2.45) is 5.41 Å². The molecule has 1 unspecified atom stereocenters. The molecule has 0 saturated carbocycles. The van der Waals surface area contributed by atoms with Gasteiger partial charge in [0.2, 0.25) is 0 Å². The van der Waals surface area contributed by atoms with Gasteiger partial charge in [-0.05, 0) is 6.42 Å². The lowest BCUT2D eigenvalue weighted by atomic mass is 9.77. The maximum absolute atomic E-state index is 14.5. The van der Waals surface area contributed by atoms with Crippen LogP contribution in [-0.2, 0) is 4.74 Å². The van der Waals surface area contributed by atoms with E-state index in [2.05, 4.69) is 5.92 Å². The van der Waals surface area contributed by atoms with Crippen LogP contribution in [0.4, 0.5) is 4.39 Å². The lowest BCUT2D eigenvalue weighted by molar-refractivity contribution is -0.207. The van der Waals surface area contributed by atoms with E-state index >= 15 is 0 Å². The molecule has 1 aromatic rings. The molecule has 7 nitrogen and oxygen atoms in total. The van der Waals surface area contributed by atoms with E-state index in [0.29, 0.717) is 0 Å². The van der Waals surface area contributed by atoms with Crippen LogP contribution in [0.3, 0.4) is 0 Å². The van der Waals surface area contributed by atoms with Crippen molar-refractivity contribution in [3.63, 3.8) is 0 Å². The summed E-state index contributed by atoms with van der Waals surface area (Å²) >= 11 is 0. The van der Waals surface area contributed by atoms with Gasteiger partial charge >= 0.3 is 5.69 Å². The normalized spacial score (nSPS) is 34.5. The Kier molecular flexibility index (Phi) is 4.24. The molecule has 2 rings (SSSR count). The average molecular weight is 312 g/mol. The number of halogens is 1. The van der Waals surface area contributed by atoms with Crippen molar-refractivity contribution in [3.05, 3.63) is 33.1 Å². The molecule has 0 aromatic carbocycles. The number of H-pyrrole nitrogens is 1. The molecule has 1 fully saturated rings. The van der Waals surface area contributed by atoms with E-state index in [4.69, 9.17) is 11.2 Å². The minimum atomic E-state index is -2.72. The monoisotopic (exact) mass is 312 g/mol. The Morgan fingerprint density at radius 3 is 2.82 bits per heavy atom. The maximum Gasteiger partial charge on any atom is 0.330 e. The molecule has 0 amide bonds. The summed E-state index contributed by atoms with van der Waals surface area (Å²) < 4.78 is 20.6. The number of aliphatic hydroxyl groups is 2. The first-order valence-electron chi connectivity index (χ1n) is 6.69. The van der Waals surface area contributed by atoms with Crippen molar-refractivity contribution in [1.29, 1.82) is 0 Å². The van der Waals surface area contributed by atoms with Crippen LogP contribution < -0.4 is 11.2 Å². The van der Waals surface area contributed by atoms with Crippen LogP contribution in [0.25, 0.3) is 0 Å². The maximum atomic E-state index is 14.5. The summed E-state index contributed by atoms with van der Waals surface area (Å²) in [5.41, 5.74) is -2.68. The Morgan fingerprint density at radius 1 is 1.59 bits per heavy atom. The van der Waals surface area contributed by atoms with Gasteiger partial charge < -0.3 is 14.9 Å². The van der Waals surface area contributed by atoms with E-state index < -0.39 is 41.5 Å². The average Bonchev–Trinajstić information content (AvgIpc) is 2.68. The highest BCUT2D eigenvalue weighted by Gasteiger charge is 2.62. The quantitative estimate of drug-likeness (QED) is 0.650. The van der Waals surface area contributed by atoms with Gasteiger partial charge in [0.15, 0.2) is 0 Å². The Morgan fingerprint density at radius 2 is 2.27 bits per heavy atom. The number of hydrogen-bond donors (Lipinski definition) is 3. The van der Waals surface area contributed by atoms with E-state index in [1.807, 2.05) is 4.98 Å². The zero-order valence-corrected chi connectivity index (χ0v) is 12.0. The number of rotatable bonds is 4. The highest BCUT2D eigenvalue weighted by atomic mass is 19.2. The second kappa shape index (κ2) is 5.68. The molecular formula is C14H17FN2O5. The summed E-state index contributed by atoms with van der Waals surface area (Å²) in [6, 6.07) is 1.08. The van der Waals surface area contributed by atoms with Crippen LogP contribution >= 0.6 is 0 Å². The first-order chi connectivity index (χ1) is 10.3. The molecule has 1 aromatic heterocycles. The standard InChI is InChI=1S/C14H17FN2O5/c1-3-4-6-13(2)10(20)14(15,8-18)22-11(13)17-7-5-9(19)16-12(17)21/h1,5,7,10-11,18,20H,4,6,8H2,2H3,(H,16,19,21)/t10?,11-,13+,14-/m1/s1. The number of aromatic amines is 1. The van der Waals surface area contributed by atoms with Crippen LogP contribution in [0.5, 0.6) is 0 Å². The smallest absolute Gasteiger partial charge is 0.330 e. The van der Waals surface area contributed by atoms with Gasteiger partial charge in [0.25, 0.3) is 11.4 Å². The summed E-state index contributed by atoms with van der Waals surface area (Å²) in [7, 11) is 0. The summed E-state index contributed by atoms with van der Waals surface area (Å²) in [5.74, 6) is -0.334. The largest absolute Gasteiger partial charge is 0.390 e. The molecular weight excluding hydrogens is 295 g/mol. The van der Waals surface area contributed by atoms with Gasteiger partial charge in [-0.2, -0.15) is 0 Å². The molecule has 4 atom stereocenters. The zero-order chi connectivity index (χ0) is 16.5. The Labute approximate surface area is 125 Å². The van der Waals surface area contributed by atoms with Gasteiger partial charge in [0.1, 0.15) is 18.9 Å². The molecule has 1 aliphatic heterocycles. The predicted octanol–water partition coefficient (Wildman–Crippen LogP) is -0.496. The summed E-state index contributed by atoms with van der Waals surface area (Å²) in [6.45, 7) is 0.433. The van der Waals surface area contributed by atoms with Gasteiger partial charge in [-0.15, -0.1) is 12.3 Å². The number of ether oxygens (including phenoxy) is 1. The Hall–Kier alpha value is -1.95. The highest BCUT2D eigenvalue weighted by molar-refractivity contribution is 5.04. The van der Waals surface area contributed by atoms with Crippen LogP contribution in [0.1, 0.15) is 26.0 Å². The zero-order valence-electron chi connectivity index (χ0n) is 12.0. The molecule has 0 aliphatic carbocycles. The second-order valence-electron chi connectivity index (χ2n) is 5.54. The molecule has 0 bridgehead atoms. The molecule has 22 heavy (non-hydrogen) atoms. The van der Waals surface area contributed by atoms with Gasteiger partial charge in [0.05, 0.1) is 0 Å². The first-order valence-corrected chi connectivity index (χ1v) is 6.69. The van der Waals surface area contributed by atoms with Gasteiger partial charge in [-0.25, -0.2) is 9.18 Å². The van der Waals surface area contributed by atoms with Crippen LogP contribution in [-0.4, -0.2) is 38.3 Å². The molecule has 1 aliphatic rings. The summed E-state index contributed by atoms with van der Waals surface area (Å²) in [6.07, 6.45) is 3.82. The molecule has 1 saturated heterocycles. The molecule has 3 N–H and O–H groups in total. The van der Waals surface area contributed by atoms with E-state index in [9.17, 15) is 24.2 Å². The number of nitrogens with zero attached hydrogens (tertiary/aromatic N) is 1. The second-order valence-corrected chi connectivity index (χ2v) is 5.54. The summed E-state index contributed by atoms with van der Waals surface area (Å²) in [4.78, 5) is 25.1. The lowest BCUT2D eigenvalue weighted by Crippen LogP contribution is -2.45. The van der Waals surface area contributed by atoms with Gasteiger partial charge in [-0.3, -0.25) is 14.3 Å². The van der Waals surface area contributed by atoms with Crippen molar-refractivity contribution in [1.82, 2.24) is 9.55 Å². The highest BCUT2D eigenvalue weighted by Crippen LogP contribution is 2.52. The van der Waals surface area contributed by atoms with Gasteiger partial charge in [-0.1, -0.05) is 6.92 Å². The van der Waals surface area contributed by atoms with Crippen molar-refractivity contribution in [2.45, 2.75) is 38.0 Å². The number of hydrogen-bond acceptors (Lipinski definition) is 5. The third-order valence-corrected chi connectivity index (χ3v) is 4.03. The van der Waals surface area contributed by atoms with Crippen molar-refractivity contribution >= 4 is 0 Å². The Bertz CT molecular complexity index is 708. The van der Waals surface area contributed by atoms with Crippen molar-refractivity contribution in [2.75, 3.05) is 6.61 Å². The fourth-order valence-corrected chi connectivity index (χ4v) is 2.72. The molecule has 8 heteroatoms. The van der Waals surface area contributed by atoms with Crippen LogP contribution in [0.2, 0.25) is 0 Å². The predicted molar refractivity (Wildman–Crippen MR) is 74.6 cm³/mol. The van der Waals surface area contributed by atoms with E-state index in [-0.39, 0.29) is 12.8 Å². The van der Waals surface area contributed by atoms with E-state index in [1.165, 1.54) is 6.92 Å². The topological polar surface area (TPSA) is 105 Å². The third-order valence-electron chi connectivity index (χ3n) is 4.03. The lowest BCUT2D eigenvalue weighted by Gasteiger charge is -2.32. The number of nitrogens with one attached hydrogen (secondary N) is 1. The fraction of sp³-hybridized carbons (Fsp3) is 0.571. The number of aromatic nitrogens is 2. The molecule has 120 valence electrons. The fourth-order valence-electron chi connectivity index (χ4n) is 2.72. The number of aliphatic hydroxyl groups excluding tert-OH is 2. The Balaban J connectivity index is 2.53. The van der Waals surface area contributed by atoms with Crippen LogP contribution in [0.15, 0.2) is 21.9 Å². The SMILES string of the molecule is C#CCC[C@@]1(C)C(O)[C@@](F)(CO)O[C@H]1n1ccc(=O)[nH]c1=O. The third kappa shape index (κ3) is 2.47. The number of terminal acetylenes is 1.